The van der Waals surface area contributed by atoms with Gasteiger partial charge in [0.2, 0.25) is 17.7 Å². The van der Waals surface area contributed by atoms with Crippen molar-refractivity contribution < 1.29 is 24.2 Å². The molecule has 0 aliphatic carbocycles. The molecule has 4 rings (SSSR count). The van der Waals surface area contributed by atoms with E-state index in [1.165, 1.54) is 0 Å². The second kappa shape index (κ2) is 12.3. The predicted molar refractivity (Wildman–Crippen MR) is 173 cm³/mol. The zero-order valence-corrected chi connectivity index (χ0v) is 27.7. The Bertz CT molecular complexity index is 1240. The fourth-order valence-electron chi connectivity index (χ4n) is 7.48. The Hall–Kier alpha value is -2.78. The van der Waals surface area contributed by atoms with Crippen LogP contribution in [0, 0.1) is 17.8 Å². The predicted octanol–water partition coefficient (Wildman–Crippen LogP) is 4.92. The summed E-state index contributed by atoms with van der Waals surface area (Å²) in [6.07, 6.45) is 4.76. The van der Waals surface area contributed by atoms with Crippen LogP contribution in [0.25, 0.3) is 0 Å². The normalized spacial score (nSPS) is 28.5. The van der Waals surface area contributed by atoms with E-state index in [4.69, 9.17) is 4.74 Å². The molecule has 0 aromatic heterocycles. The van der Waals surface area contributed by atoms with E-state index in [0.29, 0.717) is 37.4 Å². The van der Waals surface area contributed by atoms with Gasteiger partial charge < -0.3 is 24.5 Å². The topological polar surface area (TPSA) is 90.4 Å². The first-order valence-electron chi connectivity index (χ1n) is 15.4. The number of aliphatic hydroxyl groups is 1. The van der Waals surface area contributed by atoms with Crippen LogP contribution in [0.1, 0.15) is 61.3 Å². The van der Waals surface area contributed by atoms with Crippen molar-refractivity contribution in [1.82, 2.24) is 9.80 Å². The maximum Gasteiger partial charge on any atom is 0.247 e. The Morgan fingerprint density at radius 2 is 1.77 bits per heavy atom. The quantitative estimate of drug-likeness (QED) is 0.338. The van der Waals surface area contributed by atoms with Gasteiger partial charge in [-0.25, -0.2) is 0 Å². The minimum absolute atomic E-state index is 0.0879. The molecule has 3 saturated heterocycles. The molecular weight excluding hydrogens is 562 g/mol. The molecule has 8 nitrogen and oxygen atoms in total. The molecule has 3 heterocycles. The van der Waals surface area contributed by atoms with Crippen molar-refractivity contribution in [2.75, 3.05) is 31.2 Å². The minimum atomic E-state index is -0.799. The van der Waals surface area contributed by atoms with Crippen LogP contribution < -0.4 is 9.64 Å². The summed E-state index contributed by atoms with van der Waals surface area (Å²) in [5.41, 5.74) is 0.185. The molecule has 0 saturated carbocycles. The summed E-state index contributed by atoms with van der Waals surface area (Å²) in [4.78, 5) is 49.2. The number of hydrogen-bond donors (Lipinski definition) is 1. The van der Waals surface area contributed by atoms with Gasteiger partial charge in [-0.3, -0.25) is 14.4 Å². The first-order chi connectivity index (χ1) is 20.2. The number of thioether (sulfide) groups is 1. The fraction of sp³-hybridized carbons (Fsp3) is 0.618. The summed E-state index contributed by atoms with van der Waals surface area (Å²) < 4.78 is 4.30. The highest BCUT2D eigenvalue weighted by atomic mass is 32.2. The van der Waals surface area contributed by atoms with Crippen molar-refractivity contribution in [2.24, 2.45) is 17.8 Å². The molecule has 43 heavy (non-hydrogen) atoms. The Labute approximate surface area is 261 Å². The number of carbonyl (C=O) groups excluding carboxylic acids is 3. The van der Waals surface area contributed by atoms with Gasteiger partial charge in [0.05, 0.1) is 35.8 Å². The van der Waals surface area contributed by atoms with Gasteiger partial charge in [-0.05, 0) is 77.6 Å². The number of hydrogen-bond acceptors (Lipinski definition) is 6. The molecule has 2 unspecified atom stereocenters. The first kappa shape index (κ1) is 33.1. The zero-order chi connectivity index (χ0) is 31.9. The van der Waals surface area contributed by atoms with Crippen LogP contribution in [0.2, 0.25) is 0 Å². The molecule has 1 aromatic rings. The second-order valence-corrected chi connectivity index (χ2v) is 15.4. The van der Waals surface area contributed by atoms with Gasteiger partial charge in [0.15, 0.2) is 0 Å². The van der Waals surface area contributed by atoms with Crippen molar-refractivity contribution in [3.05, 3.63) is 49.6 Å². The lowest BCUT2D eigenvalue weighted by molar-refractivity contribution is -0.149. The third-order valence-electron chi connectivity index (χ3n) is 9.45. The third-order valence-corrected chi connectivity index (χ3v) is 11.4. The SMILES string of the molecule is C=CCN(C(=O)[C@@H]1[C@H]2C(=O)N([C@@H](CO)C(C)C)C(C(=O)N(CC=C)C(C)(C)C)C23CC[C@@]1(C)S3)c1ccc(OCC)cc1. The molecule has 3 amide bonds. The summed E-state index contributed by atoms with van der Waals surface area (Å²) >= 11 is 1.65. The number of aliphatic hydroxyl groups excluding tert-OH is 1. The minimum Gasteiger partial charge on any atom is -0.494 e. The summed E-state index contributed by atoms with van der Waals surface area (Å²) in [6.45, 7) is 22.5. The zero-order valence-electron chi connectivity index (χ0n) is 26.8. The van der Waals surface area contributed by atoms with Crippen molar-refractivity contribution in [2.45, 2.75) is 88.4 Å². The number of benzene rings is 1. The highest BCUT2D eigenvalue weighted by molar-refractivity contribution is 8.02. The number of carbonyl (C=O) groups is 3. The van der Waals surface area contributed by atoms with E-state index in [1.807, 2.05) is 65.8 Å². The second-order valence-electron chi connectivity index (χ2n) is 13.5. The first-order valence-corrected chi connectivity index (χ1v) is 16.2. The van der Waals surface area contributed by atoms with Crippen molar-refractivity contribution in [3.8, 4) is 5.75 Å². The van der Waals surface area contributed by atoms with E-state index in [1.54, 1.807) is 38.6 Å². The monoisotopic (exact) mass is 611 g/mol. The van der Waals surface area contributed by atoms with Gasteiger partial charge in [0.1, 0.15) is 11.8 Å². The number of fused-ring (bicyclic) bond motifs is 1. The average Bonchev–Trinajstić information content (AvgIpc) is 3.51. The van der Waals surface area contributed by atoms with Crippen molar-refractivity contribution >= 4 is 35.2 Å². The molecular formula is C34H49N3O5S. The molecule has 236 valence electrons. The van der Waals surface area contributed by atoms with E-state index in [0.717, 1.165) is 0 Å². The van der Waals surface area contributed by atoms with Gasteiger partial charge >= 0.3 is 0 Å². The van der Waals surface area contributed by atoms with E-state index in [9.17, 15) is 19.5 Å². The van der Waals surface area contributed by atoms with E-state index in [2.05, 4.69) is 20.1 Å². The molecule has 6 atom stereocenters. The van der Waals surface area contributed by atoms with Crippen LogP contribution in [-0.4, -0.2) is 86.0 Å². The van der Waals surface area contributed by atoms with Crippen LogP contribution in [0.5, 0.6) is 5.75 Å². The molecule has 1 spiro atoms. The highest BCUT2D eigenvalue weighted by Crippen LogP contribution is 2.72. The molecule has 2 bridgehead atoms. The van der Waals surface area contributed by atoms with Crippen LogP contribution in [0.15, 0.2) is 49.6 Å². The van der Waals surface area contributed by atoms with Crippen molar-refractivity contribution in [1.29, 1.82) is 0 Å². The van der Waals surface area contributed by atoms with Gasteiger partial charge in [0.25, 0.3) is 0 Å². The Morgan fingerprint density at radius 3 is 2.28 bits per heavy atom. The summed E-state index contributed by atoms with van der Waals surface area (Å²) in [5.74, 6) is -1.20. The fourth-order valence-corrected chi connectivity index (χ4v) is 9.81. The van der Waals surface area contributed by atoms with Crippen LogP contribution in [-0.2, 0) is 14.4 Å². The molecule has 9 heteroatoms. The van der Waals surface area contributed by atoms with Gasteiger partial charge in [-0.15, -0.1) is 24.9 Å². The molecule has 1 aromatic carbocycles. The van der Waals surface area contributed by atoms with E-state index < -0.39 is 39.0 Å². The Morgan fingerprint density at radius 1 is 1.14 bits per heavy atom. The Balaban J connectivity index is 1.84. The lowest BCUT2D eigenvalue weighted by atomic mass is 9.66. The molecule has 3 aliphatic heterocycles. The average molecular weight is 612 g/mol. The van der Waals surface area contributed by atoms with Crippen LogP contribution >= 0.6 is 11.8 Å². The van der Waals surface area contributed by atoms with E-state index in [-0.39, 0.29) is 36.8 Å². The number of rotatable bonds is 12. The lowest BCUT2D eigenvalue weighted by Crippen LogP contribution is -2.61. The van der Waals surface area contributed by atoms with Crippen LogP contribution in [0.4, 0.5) is 5.69 Å². The maximum absolute atomic E-state index is 14.7. The molecule has 1 N–H and O–H groups in total. The smallest absolute Gasteiger partial charge is 0.247 e. The standard InChI is InChI=1S/C34H49N3O5S/c1-10-19-35(23-13-15-24(16-14-23)42-12-3)29(39)26-27-30(40)37(25(21-38)22(4)5)28(34(27)18-17-33(26,9)43-34)31(41)36(20-11-2)32(6,7)8/h10-11,13-16,22,25-28,38H,1-2,12,17-21H2,3-9H3/t25-,26-,27-,28?,33+,34?/m0/s1. The summed E-state index contributed by atoms with van der Waals surface area (Å²) in [7, 11) is 0. The number of likely N-dealkylation sites (tertiary alicyclic amines) is 1. The maximum atomic E-state index is 14.7. The lowest BCUT2D eigenvalue weighted by Gasteiger charge is -2.44. The van der Waals surface area contributed by atoms with Gasteiger partial charge in [-0.1, -0.05) is 26.0 Å². The number of ether oxygens (including phenoxy) is 1. The number of nitrogens with zero attached hydrogens (tertiary/aromatic N) is 3. The van der Waals surface area contributed by atoms with Crippen molar-refractivity contribution in [3.63, 3.8) is 0 Å². The van der Waals surface area contributed by atoms with Crippen LogP contribution in [0.3, 0.4) is 0 Å². The third kappa shape index (κ3) is 5.52. The molecule has 0 radical (unpaired) electrons. The summed E-state index contributed by atoms with van der Waals surface area (Å²) in [5, 5.41) is 10.6. The number of anilines is 1. The van der Waals surface area contributed by atoms with Gasteiger partial charge in [-0.2, -0.15) is 0 Å². The van der Waals surface area contributed by atoms with Gasteiger partial charge in [0, 0.05) is 29.1 Å². The molecule has 3 fully saturated rings. The highest BCUT2D eigenvalue weighted by Gasteiger charge is 2.78. The number of amides is 3. The molecule has 3 aliphatic rings. The Kier molecular flexibility index (Phi) is 9.48. The summed E-state index contributed by atoms with van der Waals surface area (Å²) in [6, 6.07) is 6.05. The van der Waals surface area contributed by atoms with E-state index >= 15 is 0 Å². The largest absolute Gasteiger partial charge is 0.494 e.